The van der Waals surface area contributed by atoms with Crippen molar-refractivity contribution in [3.63, 3.8) is 0 Å². The summed E-state index contributed by atoms with van der Waals surface area (Å²) in [6, 6.07) is 18.8. The number of amides is 3. The van der Waals surface area contributed by atoms with Crippen LogP contribution in [0, 0.1) is 11.6 Å². The van der Waals surface area contributed by atoms with E-state index in [-0.39, 0.29) is 30.8 Å². The zero-order valence-corrected chi connectivity index (χ0v) is 28.8. The molecule has 0 aliphatic heterocycles. The van der Waals surface area contributed by atoms with Crippen molar-refractivity contribution in [1.29, 1.82) is 0 Å². The maximum atomic E-state index is 14.5. The number of hydrogen-bond donors (Lipinski definition) is 2. The van der Waals surface area contributed by atoms with Crippen molar-refractivity contribution in [2.24, 2.45) is 0 Å². The van der Waals surface area contributed by atoms with Gasteiger partial charge in [0.1, 0.15) is 12.1 Å². The molecule has 0 bridgehead atoms. The first-order valence-electron chi connectivity index (χ1n) is 16.4. The smallest absolute Gasteiger partial charge is 0.246 e. The SMILES string of the molecule is CNC(C)(C)C/C=C/C(=O)N(C)C(Cc1ccc2ccccc2c1)C(=O)N(C)C(Cc1ccc(F)c(F)c1)C(=O)NCCc1ccncc1. The average molecular weight is 670 g/mol. The first-order valence-corrected chi connectivity index (χ1v) is 16.4. The largest absolute Gasteiger partial charge is 0.354 e. The van der Waals surface area contributed by atoms with E-state index < -0.39 is 35.5 Å². The maximum absolute atomic E-state index is 14.5. The molecule has 4 rings (SSSR count). The van der Waals surface area contributed by atoms with Crippen LogP contribution in [-0.4, -0.2) is 77.8 Å². The zero-order chi connectivity index (χ0) is 35.6. The Morgan fingerprint density at radius 3 is 2.16 bits per heavy atom. The fraction of sp³-hybridized carbons (Fsp3) is 0.333. The van der Waals surface area contributed by atoms with E-state index in [1.165, 1.54) is 29.0 Å². The van der Waals surface area contributed by atoms with E-state index >= 15 is 0 Å². The number of nitrogens with zero attached hydrogens (tertiary/aromatic N) is 3. The summed E-state index contributed by atoms with van der Waals surface area (Å²) in [5.74, 6) is -3.34. The number of likely N-dealkylation sites (N-methyl/N-ethyl adjacent to an activating group) is 2. The molecule has 0 fully saturated rings. The van der Waals surface area contributed by atoms with Gasteiger partial charge in [-0.15, -0.1) is 0 Å². The van der Waals surface area contributed by atoms with Crippen molar-refractivity contribution < 1.29 is 23.2 Å². The quantitative estimate of drug-likeness (QED) is 0.169. The lowest BCUT2D eigenvalue weighted by atomic mass is 9.98. The third-order valence-corrected chi connectivity index (χ3v) is 8.90. The summed E-state index contributed by atoms with van der Waals surface area (Å²) in [5, 5.41) is 8.14. The standard InChI is InChI=1S/C39H45F2N5O3/c1-39(2,42-3)19-8-11-36(47)45(4)35(26-28-12-14-30-9-6-7-10-31(30)23-28)38(49)46(5)34(25-29-13-15-32(40)33(41)24-29)37(48)44-22-18-27-16-20-43-21-17-27/h6-17,20-21,23-24,34-35,42H,18-19,22,25-26H2,1-5H3,(H,44,48)/b11-8+. The van der Waals surface area contributed by atoms with Gasteiger partial charge in [-0.3, -0.25) is 19.4 Å². The molecule has 2 atom stereocenters. The molecule has 10 heteroatoms. The van der Waals surface area contributed by atoms with Gasteiger partial charge < -0.3 is 20.4 Å². The minimum atomic E-state index is -1.08. The third kappa shape index (κ3) is 10.3. The van der Waals surface area contributed by atoms with Crippen molar-refractivity contribution in [1.82, 2.24) is 25.4 Å². The van der Waals surface area contributed by atoms with Gasteiger partial charge in [-0.2, -0.15) is 0 Å². The number of pyridine rings is 1. The van der Waals surface area contributed by atoms with E-state index in [1.807, 2.05) is 75.5 Å². The second-order valence-corrected chi connectivity index (χ2v) is 12.9. The van der Waals surface area contributed by atoms with Gasteiger partial charge in [-0.25, -0.2) is 8.78 Å². The second-order valence-electron chi connectivity index (χ2n) is 12.9. The van der Waals surface area contributed by atoms with Crippen LogP contribution in [0.1, 0.15) is 37.0 Å². The van der Waals surface area contributed by atoms with Gasteiger partial charge in [0.25, 0.3) is 0 Å². The summed E-state index contributed by atoms with van der Waals surface area (Å²) in [6.45, 7) is 4.31. The number of fused-ring (bicyclic) bond motifs is 1. The molecule has 1 heterocycles. The highest BCUT2D eigenvalue weighted by Crippen LogP contribution is 2.21. The van der Waals surface area contributed by atoms with Gasteiger partial charge in [0.2, 0.25) is 17.7 Å². The van der Waals surface area contributed by atoms with Crippen LogP contribution in [0.15, 0.2) is 97.3 Å². The normalized spacial score (nSPS) is 12.9. The van der Waals surface area contributed by atoms with E-state index in [0.717, 1.165) is 34.0 Å². The lowest BCUT2D eigenvalue weighted by Gasteiger charge is -2.34. The Morgan fingerprint density at radius 1 is 0.816 bits per heavy atom. The minimum Gasteiger partial charge on any atom is -0.354 e. The van der Waals surface area contributed by atoms with Gasteiger partial charge in [-0.1, -0.05) is 54.6 Å². The Bertz CT molecular complexity index is 1780. The molecule has 8 nitrogen and oxygen atoms in total. The fourth-order valence-electron chi connectivity index (χ4n) is 5.49. The molecule has 3 amide bonds. The number of halogens is 2. The summed E-state index contributed by atoms with van der Waals surface area (Å²) < 4.78 is 28.0. The Hall–Kier alpha value is -4.96. The Labute approximate surface area is 287 Å². The highest BCUT2D eigenvalue weighted by Gasteiger charge is 2.35. The number of carbonyl (C=O) groups is 3. The van der Waals surface area contributed by atoms with Gasteiger partial charge >= 0.3 is 0 Å². The van der Waals surface area contributed by atoms with Crippen LogP contribution in [0.25, 0.3) is 10.8 Å². The second kappa shape index (κ2) is 16.9. The molecule has 2 N–H and O–H groups in total. The third-order valence-electron chi connectivity index (χ3n) is 8.90. The lowest BCUT2D eigenvalue weighted by molar-refractivity contribution is -0.146. The topological polar surface area (TPSA) is 94.6 Å². The minimum absolute atomic E-state index is 0.0696. The molecule has 0 saturated carbocycles. The maximum Gasteiger partial charge on any atom is 0.246 e. The summed E-state index contributed by atoms with van der Waals surface area (Å²) in [5.41, 5.74) is 1.93. The summed E-state index contributed by atoms with van der Waals surface area (Å²) in [4.78, 5) is 48.5. The van der Waals surface area contributed by atoms with Crippen LogP contribution in [0.4, 0.5) is 8.78 Å². The van der Waals surface area contributed by atoms with Gasteiger partial charge in [0.15, 0.2) is 11.6 Å². The molecule has 0 radical (unpaired) electrons. The van der Waals surface area contributed by atoms with Gasteiger partial charge in [-0.05, 0) is 91.5 Å². The lowest BCUT2D eigenvalue weighted by Crippen LogP contribution is -2.56. The summed E-state index contributed by atoms with van der Waals surface area (Å²) in [7, 11) is 4.93. The molecular weight excluding hydrogens is 624 g/mol. The van der Waals surface area contributed by atoms with Crippen molar-refractivity contribution in [3.05, 3.63) is 126 Å². The number of aromatic nitrogens is 1. The highest BCUT2D eigenvalue weighted by molar-refractivity contribution is 5.95. The predicted octanol–water partition coefficient (Wildman–Crippen LogP) is 5.26. The van der Waals surface area contributed by atoms with Crippen LogP contribution in [0.3, 0.4) is 0 Å². The molecule has 0 aliphatic rings. The Kier molecular flexibility index (Phi) is 12.7. The van der Waals surface area contributed by atoms with E-state index in [9.17, 15) is 23.2 Å². The number of rotatable bonds is 15. The van der Waals surface area contributed by atoms with Crippen molar-refractivity contribution in [2.75, 3.05) is 27.7 Å². The van der Waals surface area contributed by atoms with E-state index in [2.05, 4.69) is 15.6 Å². The van der Waals surface area contributed by atoms with E-state index in [1.54, 1.807) is 25.5 Å². The van der Waals surface area contributed by atoms with E-state index in [0.29, 0.717) is 18.4 Å². The molecule has 258 valence electrons. The molecular formula is C39H45F2N5O3. The van der Waals surface area contributed by atoms with Crippen LogP contribution in [0.5, 0.6) is 0 Å². The van der Waals surface area contributed by atoms with Crippen LogP contribution in [0.2, 0.25) is 0 Å². The Morgan fingerprint density at radius 2 is 1.47 bits per heavy atom. The van der Waals surface area contributed by atoms with Crippen molar-refractivity contribution in [2.45, 2.75) is 57.2 Å². The number of benzene rings is 3. The molecule has 0 spiro atoms. The van der Waals surface area contributed by atoms with Gasteiger partial charge in [0, 0.05) is 51.4 Å². The predicted molar refractivity (Wildman–Crippen MR) is 189 cm³/mol. The Balaban J connectivity index is 1.64. The average Bonchev–Trinajstić information content (AvgIpc) is 3.10. The van der Waals surface area contributed by atoms with Crippen LogP contribution in [-0.2, 0) is 33.6 Å². The molecule has 3 aromatic carbocycles. The molecule has 2 unspecified atom stereocenters. The first kappa shape index (κ1) is 36.9. The van der Waals surface area contributed by atoms with Crippen molar-refractivity contribution >= 4 is 28.5 Å². The summed E-state index contributed by atoms with van der Waals surface area (Å²) in [6.07, 6.45) is 7.81. The van der Waals surface area contributed by atoms with Gasteiger partial charge in [0.05, 0.1) is 0 Å². The molecule has 1 aromatic heterocycles. The molecule has 4 aromatic rings. The van der Waals surface area contributed by atoms with Crippen LogP contribution >= 0.6 is 0 Å². The number of carbonyl (C=O) groups excluding carboxylic acids is 3. The molecule has 0 saturated heterocycles. The molecule has 49 heavy (non-hydrogen) atoms. The monoisotopic (exact) mass is 669 g/mol. The first-order chi connectivity index (χ1) is 23.4. The highest BCUT2D eigenvalue weighted by atomic mass is 19.2. The molecule has 0 aliphatic carbocycles. The number of nitrogens with one attached hydrogen (secondary N) is 2. The zero-order valence-electron chi connectivity index (χ0n) is 28.8. The van der Waals surface area contributed by atoms with Crippen molar-refractivity contribution in [3.8, 4) is 0 Å². The summed E-state index contributed by atoms with van der Waals surface area (Å²) >= 11 is 0. The van der Waals surface area contributed by atoms with Crippen LogP contribution < -0.4 is 10.6 Å². The van der Waals surface area contributed by atoms with E-state index in [4.69, 9.17) is 0 Å². The number of hydrogen-bond acceptors (Lipinski definition) is 5. The fourth-order valence-corrected chi connectivity index (χ4v) is 5.49.